The Morgan fingerprint density at radius 1 is 1.17 bits per heavy atom. The lowest BCUT2D eigenvalue weighted by Crippen LogP contribution is -2.41. The molecular formula is C23H22FN3OS. The molecule has 6 heteroatoms. The summed E-state index contributed by atoms with van der Waals surface area (Å²) in [6, 6.07) is 12.4. The van der Waals surface area contributed by atoms with Crippen molar-refractivity contribution >= 4 is 32.4 Å². The molecule has 1 aliphatic rings. The van der Waals surface area contributed by atoms with Gasteiger partial charge < -0.3 is 5.32 Å². The summed E-state index contributed by atoms with van der Waals surface area (Å²) in [5.41, 5.74) is 3.41. The lowest BCUT2D eigenvalue weighted by Gasteiger charge is -2.29. The van der Waals surface area contributed by atoms with E-state index in [0.29, 0.717) is 11.5 Å². The monoisotopic (exact) mass is 407 g/mol. The van der Waals surface area contributed by atoms with E-state index in [1.165, 1.54) is 31.4 Å². The van der Waals surface area contributed by atoms with Crippen molar-refractivity contribution in [3.8, 4) is 11.3 Å². The topological polar surface area (TPSA) is 46.4 Å². The molecule has 148 valence electrons. The van der Waals surface area contributed by atoms with Gasteiger partial charge in [0.25, 0.3) is 5.91 Å². The van der Waals surface area contributed by atoms with E-state index in [4.69, 9.17) is 0 Å². The number of fused-ring (bicyclic) bond motifs is 3. The van der Waals surface area contributed by atoms with Crippen LogP contribution in [0.25, 0.3) is 26.4 Å². The summed E-state index contributed by atoms with van der Waals surface area (Å²) in [5.74, 6) is 0.281. The molecule has 0 aliphatic heterocycles. The van der Waals surface area contributed by atoms with Gasteiger partial charge in [-0.2, -0.15) is 0 Å². The fraction of sp³-hybridized carbons (Fsp3) is 0.304. The van der Waals surface area contributed by atoms with E-state index >= 15 is 0 Å². The smallest absolute Gasteiger partial charge is 0.251 e. The SMILES string of the molecule is C[C@@H]1CCCC[C@@H]1NC(=O)c1ccc2c(c1)sc1nc(-c3ccc(F)cc3)cn12. The Morgan fingerprint density at radius 3 is 2.76 bits per heavy atom. The number of hydrogen-bond acceptors (Lipinski definition) is 3. The molecule has 0 saturated heterocycles. The Bertz CT molecular complexity index is 1190. The summed E-state index contributed by atoms with van der Waals surface area (Å²) >= 11 is 1.56. The first-order chi connectivity index (χ1) is 14.1. The van der Waals surface area contributed by atoms with Crippen molar-refractivity contribution in [1.29, 1.82) is 0 Å². The molecule has 2 aromatic carbocycles. The van der Waals surface area contributed by atoms with Gasteiger partial charge in [-0.3, -0.25) is 9.20 Å². The average Bonchev–Trinajstić information content (AvgIpc) is 3.27. The molecule has 0 radical (unpaired) electrons. The number of carbonyl (C=O) groups excluding carboxylic acids is 1. The maximum Gasteiger partial charge on any atom is 0.251 e. The number of nitrogens with zero attached hydrogens (tertiary/aromatic N) is 2. The summed E-state index contributed by atoms with van der Waals surface area (Å²) in [7, 11) is 0. The van der Waals surface area contributed by atoms with Crippen molar-refractivity contribution in [2.45, 2.75) is 38.6 Å². The molecule has 0 unspecified atom stereocenters. The van der Waals surface area contributed by atoms with Gasteiger partial charge in [0.15, 0.2) is 4.96 Å². The zero-order valence-corrected chi connectivity index (χ0v) is 17.0. The molecule has 5 rings (SSSR count). The first kappa shape index (κ1) is 18.3. The molecule has 1 aliphatic carbocycles. The Kier molecular flexibility index (Phi) is 4.59. The van der Waals surface area contributed by atoms with Crippen LogP contribution < -0.4 is 5.32 Å². The van der Waals surface area contributed by atoms with Crippen molar-refractivity contribution in [3.63, 3.8) is 0 Å². The highest BCUT2D eigenvalue weighted by Gasteiger charge is 2.23. The Morgan fingerprint density at radius 2 is 1.97 bits per heavy atom. The van der Waals surface area contributed by atoms with Crippen molar-refractivity contribution in [2.75, 3.05) is 0 Å². The third kappa shape index (κ3) is 3.42. The van der Waals surface area contributed by atoms with Gasteiger partial charge in [-0.25, -0.2) is 9.37 Å². The molecule has 2 aromatic heterocycles. The Balaban J connectivity index is 1.43. The molecule has 1 saturated carbocycles. The summed E-state index contributed by atoms with van der Waals surface area (Å²) in [6.07, 6.45) is 6.66. The zero-order chi connectivity index (χ0) is 20.0. The molecule has 0 bridgehead atoms. The van der Waals surface area contributed by atoms with Crippen LogP contribution in [0.4, 0.5) is 4.39 Å². The number of benzene rings is 2. The van der Waals surface area contributed by atoms with E-state index < -0.39 is 0 Å². The lowest BCUT2D eigenvalue weighted by molar-refractivity contribution is 0.0910. The van der Waals surface area contributed by atoms with Gasteiger partial charge in [0.05, 0.1) is 15.9 Å². The summed E-state index contributed by atoms with van der Waals surface area (Å²) < 4.78 is 16.2. The number of imidazole rings is 1. The number of thiazole rings is 1. The van der Waals surface area contributed by atoms with Gasteiger partial charge in [-0.05, 0) is 61.2 Å². The molecule has 4 aromatic rings. The van der Waals surface area contributed by atoms with Gasteiger partial charge in [-0.1, -0.05) is 31.1 Å². The van der Waals surface area contributed by atoms with Gasteiger partial charge in [0.2, 0.25) is 0 Å². The highest BCUT2D eigenvalue weighted by molar-refractivity contribution is 7.23. The number of hydrogen-bond donors (Lipinski definition) is 1. The maximum absolute atomic E-state index is 13.2. The minimum absolute atomic E-state index is 0.00342. The molecular weight excluding hydrogens is 385 g/mol. The number of amides is 1. The van der Waals surface area contributed by atoms with Crippen LogP contribution in [0.15, 0.2) is 48.7 Å². The average molecular weight is 408 g/mol. The number of rotatable bonds is 3. The van der Waals surface area contributed by atoms with Crippen LogP contribution in [-0.4, -0.2) is 21.3 Å². The van der Waals surface area contributed by atoms with Crippen LogP contribution in [0.5, 0.6) is 0 Å². The molecule has 2 heterocycles. The second kappa shape index (κ2) is 7.26. The van der Waals surface area contributed by atoms with Crippen LogP contribution in [-0.2, 0) is 0 Å². The first-order valence-electron chi connectivity index (χ1n) is 10.1. The largest absolute Gasteiger partial charge is 0.349 e. The van der Waals surface area contributed by atoms with E-state index in [0.717, 1.165) is 32.9 Å². The molecule has 0 spiro atoms. The third-order valence-electron chi connectivity index (χ3n) is 5.92. The second-order valence-electron chi connectivity index (χ2n) is 7.91. The van der Waals surface area contributed by atoms with Crippen LogP contribution in [0.3, 0.4) is 0 Å². The van der Waals surface area contributed by atoms with Crippen LogP contribution in [0, 0.1) is 11.7 Å². The van der Waals surface area contributed by atoms with E-state index in [1.54, 1.807) is 23.5 Å². The molecule has 1 N–H and O–H groups in total. The van der Waals surface area contributed by atoms with E-state index in [2.05, 4.69) is 17.2 Å². The van der Waals surface area contributed by atoms with Crippen LogP contribution in [0.1, 0.15) is 43.0 Å². The highest BCUT2D eigenvalue weighted by Crippen LogP contribution is 2.30. The Hall–Kier alpha value is -2.73. The Labute approximate surface area is 172 Å². The van der Waals surface area contributed by atoms with E-state index in [-0.39, 0.29) is 17.8 Å². The number of halogens is 1. The summed E-state index contributed by atoms with van der Waals surface area (Å²) in [4.78, 5) is 18.3. The molecule has 2 atom stereocenters. The van der Waals surface area contributed by atoms with E-state index in [9.17, 15) is 9.18 Å². The van der Waals surface area contributed by atoms with Crippen LogP contribution in [0.2, 0.25) is 0 Å². The van der Waals surface area contributed by atoms with Crippen molar-refractivity contribution in [1.82, 2.24) is 14.7 Å². The summed E-state index contributed by atoms with van der Waals surface area (Å²) in [5, 5.41) is 3.22. The van der Waals surface area contributed by atoms with Crippen molar-refractivity contribution in [2.24, 2.45) is 5.92 Å². The quantitative estimate of drug-likeness (QED) is 0.476. The number of carbonyl (C=O) groups is 1. The van der Waals surface area contributed by atoms with Gasteiger partial charge in [-0.15, -0.1) is 0 Å². The number of nitrogens with one attached hydrogen (secondary N) is 1. The predicted molar refractivity (Wildman–Crippen MR) is 115 cm³/mol. The van der Waals surface area contributed by atoms with Gasteiger partial charge in [0, 0.05) is 23.4 Å². The van der Waals surface area contributed by atoms with Crippen LogP contribution >= 0.6 is 11.3 Å². The van der Waals surface area contributed by atoms with Gasteiger partial charge in [0.1, 0.15) is 5.82 Å². The zero-order valence-electron chi connectivity index (χ0n) is 16.2. The fourth-order valence-electron chi connectivity index (χ4n) is 4.18. The lowest BCUT2D eigenvalue weighted by atomic mass is 9.86. The maximum atomic E-state index is 13.2. The molecule has 29 heavy (non-hydrogen) atoms. The fourth-order valence-corrected chi connectivity index (χ4v) is 5.23. The molecule has 1 fully saturated rings. The third-order valence-corrected chi connectivity index (χ3v) is 6.94. The van der Waals surface area contributed by atoms with Gasteiger partial charge >= 0.3 is 0 Å². The number of aromatic nitrogens is 2. The standard InChI is InChI=1S/C23H22FN3OS/c1-14-4-2-3-5-18(14)25-22(28)16-8-11-20-21(12-16)29-23-26-19(13-27(20)23)15-6-9-17(24)10-7-15/h6-14,18H,2-5H2,1H3,(H,25,28)/t14-,18+/m1/s1. The van der Waals surface area contributed by atoms with E-state index in [1.807, 2.05) is 28.8 Å². The molecule has 4 nitrogen and oxygen atoms in total. The minimum Gasteiger partial charge on any atom is -0.349 e. The second-order valence-corrected chi connectivity index (χ2v) is 8.92. The predicted octanol–water partition coefficient (Wildman–Crippen LogP) is 5.66. The van der Waals surface area contributed by atoms with Crippen molar-refractivity contribution < 1.29 is 9.18 Å². The van der Waals surface area contributed by atoms with Crippen molar-refractivity contribution in [3.05, 3.63) is 60.0 Å². The molecule has 1 amide bonds. The normalized spacial score (nSPS) is 19.7. The first-order valence-corrected chi connectivity index (χ1v) is 10.9. The summed E-state index contributed by atoms with van der Waals surface area (Å²) in [6.45, 7) is 2.22. The highest BCUT2D eigenvalue weighted by atomic mass is 32.1. The minimum atomic E-state index is -0.256.